The Morgan fingerprint density at radius 1 is 1.45 bits per heavy atom. The van der Waals surface area contributed by atoms with Crippen LogP contribution in [0.5, 0.6) is 5.75 Å². The zero-order valence-electron chi connectivity index (χ0n) is 11.0. The Morgan fingerprint density at radius 3 is 2.90 bits per heavy atom. The van der Waals surface area contributed by atoms with Crippen LogP contribution in [0.1, 0.15) is 19.3 Å². The van der Waals surface area contributed by atoms with Gasteiger partial charge in [0, 0.05) is 6.61 Å². The minimum absolute atomic E-state index is 0.00175. The molecular weight excluding hydrogens is 268 g/mol. The van der Waals surface area contributed by atoms with Gasteiger partial charge < -0.3 is 20.0 Å². The molecule has 2 rings (SSSR count). The van der Waals surface area contributed by atoms with Gasteiger partial charge in [0.25, 0.3) is 0 Å². The summed E-state index contributed by atoms with van der Waals surface area (Å²) >= 11 is 0. The van der Waals surface area contributed by atoms with Crippen molar-refractivity contribution in [3.8, 4) is 5.75 Å². The number of nitrogens with two attached hydrogens (primary N) is 1. The molecule has 110 valence electrons. The first-order valence-corrected chi connectivity index (χ1v) is 6.56. The Balaban J connectivity index is 2.03. The first-order valence-electron chi connectivity index (χ1n) is 6.56. The van der Waals surface area contributed by atoms with Crippen LogP contribution in [0.2, 0.25) is 0 Å². The maximum absolute atomic E-state index is 13.6. The van der Waals surface area contributed by atoms with Crippen molar-refractivity contribution >= 4 is 12.0 Å². The van der Waals surface area contributed by atoms with E-state index in [1.54, 1.807) is 0 Å². The molecule has 1 aromatic rings. The Kier molecular flexibility index (Phi) is 4.89. The third kappa shape index (κ3) is 3.25. The predicted molar refractivity (Wildman–Crippen MR) is 69.4 cm³/mol. The summed E-state index contributed by atoms with van der Waals surface area (Å²) in [6.07, 6.45) is 3.19. The highest BCUT2D eigenvalue weighted by atomic mass is 19.2. The minimum atomic E-state index is -1.14. The highest BCUT2D eigenvalue weighted by Gasteiger charge is 2.25. The molecule has 1 heterocycles. The molecule has 2 N–H and O–H groups in total. The van der Waals surface area contributed by atoms with Gasteiger partial charge in [-0.2, -0.15) is 4.39 Å². The van der Waals surface area contributed by atoms with Crippen LogP contribution >= 0.6 is 0 Å². The lowest BCUT2D eigenvalue weighted by molar-refractivity contribution is -0.119. The van der Waals surface area contributed by atoms with Crippen LogP contribution in [0.15, 0.2) is 12.1 Å². The molecule has 1 saturated heterocycles. The summed E-state index contributed by atoms with van der Waals surface area (Å²) < 4.78 is 37.4. The van der Waals surface area contributed by atoms with Crippen molar-refractivity contribution in [2.45, 2.75) is 25.4 Å². The molecule has 0 spiro atoms. The van der Waals surface area contributed by atoms with Crippen molar-refractivity contribution < 1.29 is 23.0 Å². The van der Waals surface area contributed by atoms with E-state index in [4.69, 9.17) is 15.2 Å². The molecule has 1 aromatic carbocycles. The van der Waals surface area contributed by atoms with Gasteiger partial charge in [0.2, 0.25) is 5.82 Å². The van der Waals surface area contributed by atoms with Gasteiger partial charge in [-0.15, -0.1) is 0 Å². The maximum Gasteiger partial charge on any atom is 0.202 e. The smallest absolute Gasteiger partial charge is 0.202 e. The molecule has 20 heavy (non-hydrogen) atoms. The van der Waals surface area contributed by atoms with Crippen LogP contribution in [0.3, 0.4) is 0 Å². The molecular formula is C14H17F2NO3. The second-order valence-corrected chi connectivity index (χ2v) is 4.80. The molecule has 4 nitrogen and oxygen atoms in total. The Labute approximate surface area is 115 Å². The normalized spacial score (nSPS) is 20.4. The number of carbonyl (C=O) groups is 1. The van der Waals surface area contributed by atoms with E-state index in [1.807, 2.05) is 0 Å². The lowest BCUT2D eigenvalue weighted by atomic mass is 9.97. The van der Waals surface area contributed by atoms with E-state index in [0.717, 1.165) is 31.6 Å². The molecule has 1 fully saturated rings. The number of aldehydes is 1. The first kappa shape index (κ1) is 14.7. The van der Waals surface area contributed by atoms with Crippen LogP contribution < -0.4 is 10.5 Å². The van der Waals surface area contributed by atoms with E-state index >= 15 is 0 Å². The van der Waals surface area contributed by atoms with Crippen LogP contribution in [-0.4, -0.2) is 25.6 Å². The van der Waals surface area contributed by atoms with Crippen molar-refractivity contribution in [2.24, 2.45) is 5.92 Å². The van der Waals surface area contributed by atoms with Crippen molar-refractivity contribution in [3.63, 3.8) is 0 Å². The molecule has 1 aliphatic heterocycles. The second kappa shape index (κ2) is 6.65. The quantitative estimate of drug-likeness (QED) is 0.666. The number of ether oxygens (including phenoxy) is 2. The van der Waals surface area contributed by atoms with Crippen molar-refractivity contribution in [2.75, 3.05) is 18.9 Å². The Morgan fingerprint density at radius 2 is 2.25 bits per heavy atom. The van der Waals surface area contributed by atoms with Crippen molar-refractivity contribution in [1.82, 2.24) is 0 Å². The van der Waals surface area contributed by atoms with Crippen molar-refractivity contribution in [1.29, 1.82) is 0 Å². The number of carbonyl (C=O) groups excluding carboxylic acids is 1. The van der Waals surface area contributed by atoms with Gasteiger partial charge in [0.05, 0.1) is 17.7 Å². The van der Waals surface area contributed by atoms with Gasteiger partial charge in [-0.1, -0.05) is 0 Å². The van der Waals surface area contributed by atoms with Gasteiger partial charge in [-0.3, -0.25) is 0 Å². The number of halogens is 2. The summed E-state index contributed by atoms with van der Waals surface area (Å²) in [4.78, 5) is 11.1. The fraction of sp³-hybridized carbons (Fsp3) is 0.500. The summed E-state index contributed by atoms with van der Waals surface area (Å²) in [7, 11) is 0. The zero-order valence-corrected chi connectivity index (χ0v) is 11.0. The summed E-state index contributed by atoms with van der Waals surface area (Å²) in [6.45, 7) is 0.518. The fourth-order valence-corrected chi connectivity index (χ4v) is 2.21. The summed E-state index contributed by atoms with van der Waals surface area (Å²) in [5, 5.41) is 0. The van der Waals surface area contributed by atoms with Crippen LogP contribution in [0, 0.1) is 17.6 Å². The average molecular weight is 285 g/mol. The summed E-state index contributed by atoms with van der Waals surface area (Å²) in [5.41, 5.74) is 5.54. The summed E-state index contributed by atoms with van der Waals surface area (Å²) in [6, 6.07) is 2.15. The number of hydrogen-bond acceptors (Lipinski definition) is 4. The lowest BCUT2D eigenvalue weighted by Gasteiger charge is -2.27. The number of hydrogen-bond donors (Lipinski definition) is 1. The highest BCUT2D eigenvalue weighted by Crippen LogP contribution is 2.28. The molecule has 2 atom stereocenters. The van der Waals surface area contributed by atoms with Gasteiger partial charge >= 0.3 is 0 Å². The van der Waals surface area contributed by atoms with Gasteiger partial charge in [0.1, 0.15) is 12.9 Å². The molecule has 6 heteroatoms. The lowest BCUT2D eigenvalue weighted by Crippen LogP contribution is -2.33. The molecule has 0 aromatic heterocycles. The van der Waals surface area contributed by atoms with E-state index in [0.29, 0.717) is 6.61 Å². The molecule has 1 unspecified atom stereocenters. The average Bonchev–Trinajstić information content (AvgIpc) is 2.48. The molecule has 0 aliphatic carbocycles. The Hall–Kier alpha value is -1.69. The first-order chi connectivity index (χ1) is 9.63. The second-order valence-electron chi connectivity index (χ2n) is 4.80. The SMILES string of the molecule is Nc1ccc(F)c(F)c1OCC(C=O)[C@H]1CCCCO1. The molecule has 1 aliphatic rings. The molecule has 0 radical (unpaired) electrons. The molecule has 0 bridgehead atoms. The van der Waals surface area contributed by atoms with Crippen LogP contribution in [0.4, 0.5) is 14.5 Å². The number of rotatable bonds is 5. The van der Waals surface area contributed by atoms with Gasteiger partial charge in [0.15, 0.2) is 11.6 Å². The highest BCUT2D eigenvalue weighted by molar-refractivity contribution is 5.56. The molecule has 0 saturated carbocycles. The van der Waals surface area contributed by atoms with Gasteiger partial charge in [-0.25, -0.2) is 4.39 Å². The van der Waals surface area contributed by atoms with Crippen LogP contribution in [0.25, 0.3) is 0 Å². The van der Waals surface area contributed by atoms with E-state index in [1.165, 1.54) is 6.07 Å². The zero-order chi connectivity index (χ0) is 14.5. The third-order valence-corrected chi connectivity index (χ3v) is 3.37. The van der Waals surface area contributed by atoms with Gasteiger partial charge in [-0.05, 0) is 31.4 Å². The third-order valence-electron chi connectivity index (χ3n) is 3.37. The number of nitrogen functional groups attached to an aromatic ring is 1. The largest absolute Gasteiger partial charge is 0.487 e. The van der Waals surface area contributed by atoms with E-state index in [2.05, 4.69) is 0 Å². The standard InChI is InChI=1S/C14H17F2NO3/c15-10-4-5-11(17)14(13(10)16)20-8-9(7-18)12-3-1-2-6-19-12/h4-5,7,9,12H,1-3,6,8,17H2/t9?,12-/m1/s1. The predicted octanol–water partition coefficient (Wildman–Crippen LogP) is 2.31. The van der Waals surface area contributed by atoms with E-state index in [9.17, 15) is 13.6 Å². The number of benzene rings is 1. The monoisotopic (exact) mass is 285 g/mol. The summed E-state index contributed by atoms with van der Waals surface area (Å²) in [5.74, 6) is -3.05. The Bertz CT molecular complexity index is 476. The minimum Gasteiger partial charge on any atom is -0.487 e. The van der Waals surface area contributed by atoms with E-state index < -0.39 is 17.6 Å². The van der Waals surface area contributed by atoms with E-state index in [-0.39, 0.29) is 24.1 Å². The topological polar surface area (TPSA) is 61.5 Å². The maximum atomic E-state index is 13.6. The van der Waals surface area contributed by atoms with Crippen LogP contribution in [-0.2, 0) is 9.53 Å². The number of anilines is 1. The molecule has 0 amide bonds. The van der Waals surface area contributed by atoms with Crippen molar-refractivity contribution in [3.05, 3.63) is 23.8 Å². The fourth-order valence-electron chi connectivity index (χ4n) is 2.21.